The minimum absolute atomic E-state index is 0.0335. The fourth-order valence-corrected chi connectivity index (χ4v) is 3.41. The van der Waals surface area contributed by atoms with Crippen molar-refractivity contribution in [2.45, 2.75) is 39.3 Å². The molecule has 0 saturated heterocycles. The number of thiazole rings is 1. The third-order valence-electron chi connectivity index (χ3n) is 4.04. The molecular weight excluding hydrogens is 258 g/mol. The number of aryl methyl sites for hydroxylation is 1. The summed E-state index contributed by atoms with van der Waals surface area (Å²) in [5, 5.41) is 1.98. The Morgan fingerprint density at radius 1 is 1.58 bits per heavy atom. The first-order chi connectivity index (χ1) is 9.06. The Hall–Kier alpha value is -1.20. The first-order valence-corrected chi connectivity index (χ1v) is 7.61. The van der Waals surface area contributed by atoms with E-state index in [1.165, 1.54) is 24.2 Å². The van der Waals surface area contributed by atoms with Gasteiger partial charge in [-0.3, -0.25) is 14.1 Å². The van der Waals surface area contributed by atoms with E-state index in [2.05, 4.69) is 23.9 Å². The molecule has 4 nitrogen and oxygen atoms in total. The summed E-state index contributed by atoms with van der Waals surface area (Å²) in [4.78, 5) is 19.8. The molecule has 0 N–H and O–H groups in total. The molecule has 1 aliphatic carbocycles. The average Bonchev–Trinajstić information content (AvgIpc) is 3.13. The van der Waals surface area contributed by atoms with E-state index >= 15 is 0 Å². The molecule has 2 heterocycles. The lowest BCUT2D eigenvalue weighted by molar-refractivity contribution is 0.224. The summed E-state index contributed by atoms with van der Waals surface area (Å²) in [6.07, 6.45) is 2.68. The maximum absolute atomic E-state index is 12.1. The van der Waals surface area contributed by atoms with Crippen LogP contribution in [0.5, 0.6) is 0 Å². The number of nitrogens with zero attached hydrogens (tertiary/aromatic N) is 3. The van der Waals surface area contributed by atoms with Crippen LogP contribution in [0, 0.1) is 12.8 Å². The van der Waals surface area contributed by atoms with E-state index in [4.69, 9.17) is 0 Å². The van der Waals surface area contributed by atoms with Crippen molar-refractivity contribution in [3.63, 3.8) is 0 Å². The number of hydrogen-bond acceptors (Lipinski definition) is 4. The first kappa shape index (κ1) is 12.8. The van der Waals surface area contributed by atoms with Gasteiger partial charge in [0.25, 0.3) is 5.56 Å². The SMILES string of the molecule is Cc1csc2nc(CN(C)C(C)C3CC3)cc(=O)n12. The molecule has 1 unspecified atom stereocenters. The van der Waals surface area contributed by atoms with E-state index in [0.29, 0.717) is 6.04 Å². The van der Waals surface area contributed by atoms with Crippen molar-refractivity contribution in [1.29, 1.82) is 0 Å². The normalized spacial score (nSPS) is 17.3. The maximum Gasteiger partial charge on any atom is 0.259 e. The molecule has 0 aliphatic heterocycles. The highest BCUT2D eigenvalue weighted by Crippen LogP contribution is 2.34. The lowest BCUT2D eigenvalue weighted by atomic mass is 10.2. The highest BCUT2D eigenvalue weighted by molar-refractivity contribution is 7.15. The number of aromatic nitrogens is 2. The van der Waals surface area contributed by atoms with Crippen LogP contribution >= 0.6 is 11.3 Å². The summed E-state index contributed by atoms with van der Waals surface area (Å²) in [6, 6.07) is 2.24. The standard InChI is InChI=1S/C14H19N3OS/c1-9-8-19-14-15-12(6-13(18)17(9)14)7-16(3)10(2)11-4-5-11/h6,8,10-11H,4-5,7H2,1-3H3. The van der Waals surface area contributed by atoms with Crippen LogP contribution in [0.3, 0.4) is 0 Å². The third-order valence-corrected chi connectivity index (χ3v) is 4.98. The predicted molar refractivity (Wildman–Crippen MR) is 77.7 cm³/mol. The van der Waals surface area contributed by atoms with Crippen molar-refractivity contribution in [3.05, 3.63) is 33.2 Å². The van der Waals surface area contributed by atoms with E-state index in [1.807, 2.05) is 12.3 Å². The molecule has 2 aromatic heterocycles. The van der Waals surface area contributed by atoms with E-state index in [1.54, 1.807) is 10.5 Å². The zero-order chi connectivity index (χ0) is 13.6. The molecule has 0 aromatic carbocycles. The third kappa shape index (κ3) is 2.44. The number of rotatable bonds is 4. The molecule has 3 rings (SSSR count). The Morgan fingerprint density at radius 2 is 2.32 bits per heavy atom. The van der Waals surface area contributed by atoms with Gasteiger partial charge in [-0.2, -0.15) is 0 Å². The van der Waals surface area contributed by atoms with Crippen LogP contribution < -0.4 is 5.56 Å². The van der Waals surface area contributed by atoms with Crippen molar-refractivity contribution in [3.8, 4) is 0 Å². The quantitative estimate of drug-likeness (QED) is 0.860. The Balaban J connectivity index is 1.86. The summed E-state index contributed by atoms with van der Waals surface area (Å²) in [5.41, 5.74) is 1.87. The van der Waals surface area contributed by atoms with E-state index in [0.717, 1.165) is 28.8 Å². The molecule has 0 radical (unpaired) electrons. The summed E-state index contributed by atoms with van der Waals surface area (Å²) in [5.74, 6) is 0.832. The first-order valence-electron chi connectivity index (χ1n) is 6.73. The molecule has 0 bridgehead atoms. The summed E-state index contributed by atoms with van der Waals surface area (Å²) in [7, 11) is 2.12. The van der Waals surface area contributed by atoms with Crippen molar-refractivity contribution < 1.29 is 0 Å². The minimum Gasteiger partial charge on any atom is -0.298 e. The van der Waals surface area contributed by atoms with Gasteiger partial charge in [-0.05, 0) is 39.7 Å². The molecule has 102 valence electrons. The van der Waals surface area contributed by atoms with Crippen molar-refractivity contribution in [1.82, 2.24) is 14.3 Å². The summed E-state index contributed by atoms with van der Waals surface area (Å²) in [6.45, 7) is 4.95. The second-order valence-corrected chi connectivity index (χ2v) is 6.41. The second-order valence-electron chi connectivity index (χ2n) is 5.57. The van der Waals surface area contributed by atoms with Gasteiger partial charge in [-0.25, -0.2) is 4.98 Å². The van der Waals surface area contributed by atoms with Gasteiger partial charge in [0.2, 0.25) is 0 Å². The molecule has 1 fully saturated rings. The molecular formula is C14H19N3OS. The van der Waals surface area contributed by atoms with Gasteiger partial charge < -0.3 is 0 Å². The van der Waals surface area contributed by atoms with Gasteiger partial charge >= 0.3 is 0 Å². The highest BCUT2D eigenvalue weighted by atomic mass is 32.1. The number of hydrogen-bond donors (Lipinski definition) is 0. The lowest BCUT2D eigenvalue weighted by Gasteiger charge is -2.23. The Kier molecular flexibility index (Phi) is 3.19. The fraction of sp³-hybridized carbons (Fsp3) is 0.571. The molecule has 0 spiro atoms. The maximum atomic E-state index is 12.1. The van der Waals surface area contributed by atoms with Crippen molar-refractivity contribution in [2.24, 2.45) is 5.92 Å². The Morgan fingerprint density at radius 3 is 3.00 bits per heavy atom. The van der Waals surface area contributed by atoms with Crippen molar-refractivity contribution >= 4 is 16.3 Å². The van der Waals surface area contributed by atoms with Gasteiger partial charge in [-0.1, -0.05) is 0 Å². The zero-order valence-electron chi connectivity index (χ0n) is 11.6. The Bertz CT molecular complexity index is 656. The van der Waals surface area contributed by atoms with Gasteiger partial charge in [0.05, 0.1) is 5.69 Å². The summed E-state index contributed by atoms with van der Waals surface area (Å²) < 4.78 is 1.68. The van der Waals surface area contributed by atoms with Crippen LogP contribution in [0.2, 0.25) is 0 Å². The van der Waals surface area contributed by atoms with E-state index in [9.17, 15) is 4.79 Å². The molecule has 5 heteroatoms. The predicted octanol–water partition coefficient (Wildman–Crippen LogP) is 2.29. The molecule has 0 amide bonds. The monoisotopic (exact) mass is 277 g/mol. The highest BCUT2D eigenvalue weighted by Gasteiger charge is 2.30. The molecule has 19 heavy (non-hydrogen) atoms. The topological polar surface area (TPSA) is 37.6 Å². The van der Waals surface area contributed by atoms with Gasteiger partial charge in [0, 0.05) is 29.7 Å². The van der Waals surface area contributed by atoms with Crippen LogP contribution in [-0.4, -0.2) is 27.4 Å². The average molecular weight is 277 g/mol. The van der Waals surface area contributed by atoms with Crippen LogP contribution in [0.25, 0.3) is 4.96 Å². The van der Waals surface area contributed by atoms with Crippen LogP contribution in [0.1, 0.15) is 31.2 Å². The van der Waals surface area contributed by atoms with E-state index in [-0.39, 0.29) is 5.56 Å². The number of fused-ring (bicyclic) bond motifs is 1. The van der Waals surface area contributed by atoms with Crippen molar-refractivity contribution in [2.75, 3.05) is 7.05 Å². The van der Waals surface area contributed by atoms with Crippen LogP contribution in [0.4, 0.5) is 0 Å². The molecule has 1 aliphatic rings. The molecule has 1 atom stereocenters. The molecule has 1 saturated carbocycles. The molecule has 2 aromatic rings. The second kappa shape index (κ2) is 4.72. The van der Waals surface area contributed by atoms with Gasteiger partial charge in [-0.15, -0.1) is 11.3 Å². The largest absolute Gasteiger partial charge is 0.298 e. The summed E-state index contributed by atoms with van der Waals surface area (Å²) >= 11 is 1.53. The minimum atomic E-state index is 0.0335. The van der Waals surface area contributed by atoms with E-state index < -0.39 is 0 Å². The Labute approximate surface area is 116 Å². The fourth-order valence-electron chi connectivity index (χ4n) is 2.52. The van der Waals surface area contributed by atoms with Crippen LogP contribution in [-0.2, 0) is 6.54 Å². The van der Waals surface area contributed by atoms with Crippen LogP contribution in [0.15, 0.2) is 16.2 Å². The zero-order valence-corrected chi connectivity index (χ0v) is 12.4. The van der Waals surface area contributed by atoms with Gasteiger partial charge in [0.1, 0.15) is 0 Å². The van der Waals surface area contributed by atoms with Gasteiger partial charge in [0.15, 0.2) is 4.96 Å². The lowest BCUT2D eigenvalue weighted by Crippen LogP contribution is -2.31. The smallest absolute Gasteiger partial charge is 0.259 e.